The highest BCUT2D eigenvalue weighted by molar-refractivity contribution is 6.05. The number of carbonyl (C=O) groups is 1. The lowest BCUT2D eigenvalue weighted by Crippen LogP contribution is -2.26. The van der Waals surface area contributed by atoms with E-state index in [1.165, 1.54) is 23.2 Å². The Morgan fingerprint density at radius 2 is 1.89 bits per heavy atom. The van der Waals surface area contributed by atoms with Gasteiger partial charge in [-0.15, -0.1) is 0 Å². The number of aromatic nitrogens is 1. The van der Waals surface area contributed by atoms with E-state index in [1.807, 2.05) is 0 Å². The Balaban J connectivity index is 2.20. The highest BCUT2D eigenvalue weighted by atomic mass is 19.1. The van der Waals surface area contributed by atoms with E-state index < -0.39 is 0 Å². The first-order valence-corrected chi connectivity index (χ1v) is 5.79. The summed E-state index contributed by atoms with van der Waals surface area (Å²) in [7, 11) is 3.40. The summed E-state index contributed by atoms with van der Waals surface area (Å²) < 4.78 is 12.8. The predicted molar refractivity (Wildman–Crippen MR) is 72.9 cm³/mol. The molecule has 0 aliphatic rings. The maximum atomic E-state index is 12.8. The second-order valence-electron chi connectivity index (χ2n) is 4.02. The summed E-state index contributed by atoms with van der Waals surface area (Å²) >= 11 is 0. The van der Waals surface area contributed by atoms with E-state index in [0.717, 1.165) is 0 Å². The largest absolute Gasteiger partial charge is 0.373 e. The normalized spacial score (nSPS) is 10.1. The number of nitrogens with one attached hydrogen (secondary N) is 1. The van der Waals surface area contributed by atoms with Crippen molar-refractivity contribution in [2.45, 2.75) is 0 Å². The van der Waals surface area contributed by atoms with Crippen molar-refractivity contribution in [2.24, 2.45) is 0 Å². The number of hydrogen-bond donors (Lipinski definition) is 1. The Morgan fingerprint density at radius 1 is 1.21 bits per heavy atom. The van der Waals surface area contributed by atoms with Crippen LogP contribution < -0.4 is 10.2 Å². The van der Waals surface area contributed by atoms with Crippen LogP contribution in [0.4, 0.5) is 15.9 Å². The van der Waals surface area contributed by atoms with Gasteiger partial charge in [-0.2, -0.15) is 0 Å². The molecule has 0 bridgehead atoms. The van der Waals surface area contributed by atoms with Crippen LogP contribution in [0.1, 0.15) is 10.4 Å². The van der Waals surface area contributed by atoms with Crippen molar-refractivity contribution >= 4 is 17.4 Å². The number of rotatable bonds is 3. The third-order valence-electron chi connectivity index (χ3n) is 2.79. The summed E-state index contributed by atoms with van der Waals surface area (Å²) in [6.07, 6.45) is 1.51. The Bertz CT molecular complexity index is 566. The van der Waals surface area contributed by atoms with Gasteiger partial charge in [-0.3, -0.25) is 4.79 Å². The number of anilines is 2. The van der Waals surface area contributed by atoms with Crippen molar-refractivity contribution in [1.29, 1.82) is 0 Å². The Hall–Kier alpha value is -2.43. The first kappa shape index (κ1) is 13.0. The van der Waals surface area contributed by atoms with Gasteiger partial charge in [-0.05, 0) is 36.4 Å². The summed E-state index contributed by atoms with van der Waals surface area (Å²) in [4.78, 5) is 17.7. The average Bonchev–Trinajstić information content (AvgIpc) is 2.46. The summed E-state index contributed by atoms with van der Waals surface area (Å²) in [5.74, 6) is 0.174. The van der Waals surface area contributed by atoms with Crippen molar-refractivity contribution in [3.63, 3.8) is 0 Å². The Labute approximate surface area is 110 Å². The quantitative estimate of drug-likeness (QED) is 0.921. The van der Waals surface area contributed by atoms with E-state index >= 15 is 0 Å². The minimum atomic E-state index is -0.329. The monoisotopic (exact) mass is 259 g/mol. The lowest BCUT2D eigenvalue weighted by molar-refractivity contribution is 0.0992. The zero-order valence-corrected chi connectivity index (χ0v) is 10.7. The number of hydrogen-bond acceptors (Lipinski definition) is 3. The van der Waals surface area contributed by atoms with Crippen molar-refractivity contribution in [3.05, 3.63) is 54.0 Å². The smallest absolute Gasteiger partial charge is 0.259 e. The molecule has 0 atom stereocenters. The second kappa shape index (κ2) is 5.48. The van der Waals surface area contributed by atoms with Gasteiger partial charge in [0.25, 0.3) is 5.91 Å². The molecule has 1 amide bonds. The van der Waals surface area contributed by atoms with Gasteiger partial charge in [-0.1, -0.05) is 0 Å². The van der Waals surface area contributed by atoms with Crippen LogP contribution in [0.25, 0.3) is 0 Å². The minimum absolute atomic E-state index is 0.193. The molecule has 0 saturated heterocycles. The third kappa shape index (κ3) is 2.88. The molecular formula is C14H14FN3O. The molecule has 4 nitrogen and oxygen atoms in total. The molecule has 0 aliphatic heterocycles. The molecule has 1 aromatic carbocycles. The molecule has 1 aromatic heterocycles. The van der Waals surface area contributed by atoms with Gasteiger partial charge in [0.2, 0.25) is 0 Å². The second-order valence-corrected chi connectivity index (χ2v) is 4.02. The first-order valence-electron chi connectivity index (χ1n) is 5.79. The van der Waals surface area contributed by atoms with Crippen LogP contribution in [-0.4, -0.2) is 25.0 Å². The van der Waals surface area contributed by atoms with Crippen LogP contribution in [0.5, 0.6) is 0 Å². The van der Waals surface area contributed by atoms with Crippen LogP contribution in [0.15, 0.2) is 42.6 Å². The lowest BCUT2D eigenvalue weighted by Gasteiger charge is -2.17. The molecule has 0 fully saturated rings. The highest BCUT2D eigenvalue weighted by Crippen LogP contribution is 2.16. The summed E-state index contributed by atoms with van der Waals surface area (Å²) in [6, 6.07) is 9.18. The van der Waals surface area contributed by atoms with Crippen LogP contribution in [0.3, 0.4) is 0 Å². The molecule has 1 heterocycles. The van der Waals surface area contributed by atoms with E-state index in [1.54, 1.807) is 38.4 Å². The molecule has 19 heavy (non-hydrogen) atoms. The highest BCUT2D eigenvalue weighted by Gasteiger charge is 2.13. The average molecular weight is 259 g/mol. The van der Waals surface area contributed by atoms with Crippen molar-refractivity contribution in [2.75, 3.05) is 24.3 Å². The number of benzene rings is 1. The van der Waals surface area contributed by atoms with Crippen LogP contribution in [-0.2, 0) is 0 Å². The molecule has 1 N–H and O–H groups in total. The van der Waals surface area contributed by atoms with Gasteiger partial charge in [0.1, 0.15) is 11.6 Å². The predicted octanol–water partition coefficient (Wildman–Crippen LogP) is 2.54. The topological polar surface area (TPSA) is 45.2 Å². The molecule has 0 spiro atoms. The maximum Gasteiger partial charge on any atom is 0.259 e. The number of carbonyl (C=O) groups excluding carboxylic acids is 1. The number of amides is 1. The van der Waals surface area contributed by atoms with E-state index in [0.29, 0.717) is 17.1 Å². The molecule has 0 aliphatic carbocycles. The molecule has 5 heteroatoms. The SMILES string of the molecule is CNc1ccc(C(=O)N(C)c2ccc(F)cc2)cn1. The molecule has 0 radical (unpaired) electrons. The molecular weight excluding hydrogens is 245 g/mol. The standard InChI is InChI=1S/C14H14FN3O/c1-16-13-8-3-10(9-17-13)14(19)18(2)12-6-4-11(15)5-7-12/h3-9H,1-2H3,(H,16,17). The fourth-order valence-corrected chi connectivity index (χ4v) is 1.64. The van der Waals surface area contributed by atoms with E-state index in [-0.39, 0.29) is 11.7 Å². The summed E-state index contributed by atoms with van der Waals surface area (Å²) in [5, 5.41) is 2.88. The maximum absolute atomic E-state index is 12.8. The Morgan fingerprint density at radius 3 is 2.42 bits per heavy atom. The van der Waals surface area contributed by atoms with Gasteiger partial charge in [0.15, 0.2) is 0 Å². The van der Waals surface area contributed by atoms with Crippen LogP contribution in [0, 0.1) is 5.82 Å². The fraction of sp³-hybridized carbons (Fsp3) is 0.143. The van der Waals surface area contributed by atoms with Gasteiger partial charge in [0, 0.05) is 26.0 Å². The number of pyridine rings is 1. The molecule has 2 rings (SSSR count). The zero-order chi connectivity index (χ0) is 13.8. The summed E-state index contributed by atoms with van der Waals surface area (Å²) in [6.45, 7) is 0. The molecule has 98 valence electrons. The first-order chi connectivity index (χ1) is 9.11. The summed E-state index contributed by atoms with van der Waals surface area (Å²) in [5.41, 5.74) is 1.11. The molecule has 2 aromatic rings. The van der Waals surface area contributed by atoms with Crippen LogP contribution in [0.2, 0.25) is 0 Å². The van der Waals surface area contributed by atoms with Gasteiger partial charge in [-0.25, -0.2) is 9.37 Å². The van der Waals surface area contributed by atoms with Crippen LogP contribution >= 0.6 is 0 Å². The number of nitrogens with zero attached hydrogens (tertiary/aromatic N) is 2. The van der Waals surface area contributed by atoms with E-state index in [2.05, 4.69) is 10.3 Å². The third-order valence-corrected chi connectivity index (χ3v) is 2.79. The van der Waals surface area contributed by atoms with Crippen molar-refractivity contribution < 1.29 is 9.18 Å². The lowest BCUT2D eigenvalue weighted by atomic mass is 10.2. The molecule has 0 unspecified atom stereocenters. The van der Waals surface area contributed by atoms with E-state index in [4.69, 9.17) is 0 Å². The van der Waals surface area contributed by atoms with Crippen molar-refractivity contribution in [3.8, 4) is 0 Å². The molecule has 0 saturated carbocycles. The zero-order valence-electron chi connectivity index (χ0n) is 10.7. The fourth-order valence-electron chi connectivity index (χ4n) is 1.64. The number of halogens is 1. The minimum Gasteiger partial charge on any atom is -0.373 e. The Kier molecular flexibility index (Phi) is 3.75. The van der Waals surface area contributed by atoms with Gasteiger partial charge in [0.05, 0.1) is 5.56 Å². The van der Waals surface area contributed by atoms with Gasteiger partial charge >= 0.3 is 0 Å². The van der Waals surface area contributed by atoms with E-state index in [9.17, 15) is 9.18 Å². The van der Waals surface area contributed by atoms with Gasteiger partial charge < -0.3 is 10.2 Å². The van der Waals surface area contributed by atoms with Crippen molar-refractivity contribution in [1.82, 2.24) is 4.98 Å².